The summed E-state index contributed by atoms with van der Waals surface area (Å²) in [4.78, 5) is 2.06. The molecule has 4 rings (SSSR count). The second-order valence-corrected chi connectivity index (χ2v) is 9.90. The Morgan fingerprint density at radius 2 is 1.92 bits per heavy atom. The van der Waals surface area contributed by atoms with Crippen molar-refractivity contribution in [1.29, 1.82) is 0 Å². The minimum absolute atomic E-state index is 0.00799. The molecule has 1 heterocycles. The number of sulfonamides is 1. The predicted molar refractivity (Wildman–Crippen MR) is 102 cm³/mol. The van der Waals surface area contributed by atoms with Crippen LogP contribution in [0.3, 0.4) is 0 Å². The maximum absolute atomic E-state index is 13.4. The van der Waals surface area contributed by atoms with Crippen LogP contribution in [0.1, 0.15) is 25.7 Å². The van der Waals surface area contributed by atoms with Crippen molar-refractivity contribution in [2.75, 3.05) is 26.2 Å². The molecular formula is C18H24FN3O2S2. The summed E-state index contributed by atoms with van der Waals surface area (Å²) in [6.45, 7) is 1.83. The topological polar surface area (TPSA) is 52.7 Å². The number of nitrogens with one attached hydrogen (secondary N) is 1. The number of hydrogen-bond donors (Lipinski definition) is 1. The predicted octanol–water partition coefficient (Wildman–Crippen LogP) is 2.20. The molecule has 2 aliphatic carbocycles. The van der Waals surface area contributed by atoms with Gasteiger partial charge in [0.1, 0.15) is 5.82 Å². The summed E-state index contributed by atoms with van der Waals surface area (Å²) in [5.41, 5.74) is 0. The highest BCUT2D eigenvalue weighted by Crippen LogP contribution is 2.44. The van der Waals surface area contributed by atoms with Crippen molar-refractivity contribution in [3.05, 3.63) is 30.1 Å². The zero-order chi connectivity index (χ0) is 18.3. The van der Waals surface area contributed by atoms with Crippen LogP contribution in [0.25, 0.3) is 0 Å². The molecule has 142 valence electrons. The van der Waals surface area contributed by atoms with Gasteiger partial charge < -0.3 is 10.2 Å². The Morgan fingerprint density at radius 3 is 2.54 bits per heavy atom. The number of benzene rings is 1. The molecule has 0 amide bonds. The van der Waals surface area contributed by atoms with Gasteiger partial charge in [-0.2, -0.15) is 4.31 Å². The van der Waals surface area contributed by atoms with E-state index in [1.807, 2.05) is 0 Å². The number of halogens is 1. The summed E-state index contributed by atoms with van der Waals surface area (Å²) in [7, 11) is -3.66. The number of hydrogen-bond acceptors (Lipinski definition) is 3. The summed E-state index contributed by atoms with van der Waals surface area (Å²) in [5.74, 6) is 1.06. The van der Waals surface area contributed by atoms with Crippen LogP contribution in [-0.2, 0) is 10.0 Å². The van der Waals surface area contributed by atoms with E-state index < -0.39 is 15.8 Å². The molecule has 26 heavy (non-hydrogen) atoms. The van der Waals surface area contributed by atoms with E-state index in [0.717, 1.165) is 23.0 Å². The normalized spacial score (nSPS) is 29.1. The third-order valence-electron chi connectivity index (χ3n) is 6.01. The van der Waals surface area contributed by atoms with Crippen LogP contribution < -0.4 is 5.32 Å². The minimum atomic E-state index is -3.66. The molecular weight excluding hydrogens is 373 g/mol. The Labute approximate surface area is 159 Å². The highest BCUT2D eigenvalue weighted by molar-refractivity contribution is 7.89. The van der Waals surface area contributed by atoms with Crippen LogP contribution in [0, 0.1) is 17.7 Å². The van der Waals surface area contributed by atoms with Gasteiger partial charge in [-0.05, 0) is 61.5 Å². The second kappa shape index (κ2) is 7.05. The Balaban J connectivity index is 1.34. The molecule has 1 aromatic carbocycles. The quantitative estimate of drug-likeness (QED) is 0.793. The van der Waals surface area contributed by atoms with Gasteiger partial charge in [-0.25, -0.2) is 12.8 Å². The molecule has 0 spiro atoms. The third-order valence-corrected chi connectivity index (χ3v) is 8.28. The van der Waals surface area contributed by atoms with E-state index in [2.05, 4.69) is 10.2 Å². The Kier molecular flexibility index (Phi) is 4.92. The van der Waals surface area contributed by atoms with Gasteiger partial charge in [0.15, 0.2) is 5.11 Å². The first-order chi connectivity index (χ1) is 12.4. The summed E-state index contributed by atoms with van der Waals surface area (Å²) in [6, 6.07) is 5.66. The van der Waals surface area contributed by atoms with Crippen LogP contribution in [0.15, 0.2) is 29.2 Å². The lowest BCUT2D eigenvalue weighted by Crippen LogP contribution is -2.54. The Hall–Kier alpha value is -1.25. The molecule has 1 N–H and O–H groups in total. The maximum Gasteiger partial charge on any atom is 0.243 e. The molecule has 2 saturated carbocycles. The minimum Gasteiger partial charge on any atom is -0.360 e. The summed E-state index contributed by atoms with van der Waals surface area (Å²) in [6.07, 6.45) is 5.18. The van der Waals surface area contributed by atoms with Gasteiger partial charge in [0.25, 0.3) is 0 Å². The molecule has 3 aliphatic rings. The van der Waals surface area contributed by atoms with Crippen LogP contribution in [0.4, 0.5) is 4.39 Å². The van der Waals surface area contributed by atoms with Gasteiger partial charge in [0.2, 0.25) is 10.0 Å². The average molecular weight is 398 g/mol. The highest BCUT2D eigenvalue weighted by Gasteiger charge is 2.40. The number of fused-ring (bicyclic) bond motifs is 2. The van der Waals surface area contributed by atoms with Gasteiger partial charge in [-0.15, -0.1) is 0 Å². The first-order valence-corrected chi connectivity index (χ1v) is 11.1. The number of rotatable bonds is 3. The third kappa shape index (κ3) is 3.46. The maximum atomic E-state index is 13.4. The van der Waals surface area contributed by atoms with Crippen LogP contribution in [0.5, 0.6) is 0 Å². The van der Waals surface area contributed by atoms with E-state index in [1.54, 1.807) is 0 Å². The molecule has 1 saturated heterocycles. The van der Waals surface area contributed by atoms with Crippen molar-refractivity contribution in [3.8, 4) is 0 Å². The lowest BCUT2D eigenvalue weighted by Gasteiger charge is -2.37. The van der Waals surface area contributed by atoms with E-state index in [-0.39, 0.29) is 4.90 Å². The SMILES string of the molecule is O=S(=O)(c1cccc(F)c1)N1CCN(C(=S)N[C@@H]2C[C@@H]3CC[C@@H]2C3)CC1. The Morgan fingerprint density at radius 1 is 1.15 bits per heavy atom. The molecule has 0 unspecified atom stereocenters. The first kappa shape index (κ1) is 18.1. The van der Waals surface area contributed by atoms with Crippen molar-refractivity contribution in [2.45, 2.75) is 36.6 Å². The number of thiocarbonyl (C=S) groups is 1. The molecule has 8 heteroatoms. The van der Waals surface area contributed by atoms with Gasteiger partial charge in [0, 0.05) is 32.2 Å². The van der Waals surface area contributed by atoms with Gasteiger partial charge in [-0.3, -0.25) is 0 Å². The largest absolute Gasteiger partial charge is 0.360 e. The molecule has 5 nitrogen and oxygen atoms in total. The van der Waals surface area contributed by atoms with Gasteiger partial charge in [0.05, 0.1) is 4.90 Å². The fourth-order valence-electron chi connectivity index (χ4n) is 4.58. The second-order valence-electron chi connectivity index (χ2n) is 7.58. The molecule has 3 atom stereocenters. The lowest BCUT2D eigenvalue weighted by molar-refractivity contribution is 0.258. The lowest BCUT2D eigenvalue weighted by atomic mass is 9.95. The summed E-state index contributed by atoms with van der Waals surface area (Å²) < 4.78 is 40.1. The standard InChI is InChI=1S/C18H24FN3O2S2/c19-15-2-1-3-16(12-15)26(23,24)22-8-6-21(7-9-22)18(25)20-17-11-13-4-5-14(17)10-13/h1-3,12-14,17H,4-11H2,(H,20,25)/t13-,14-,17-/m1/s1. The molecule has 0 aromatic heterocycles. The fraction of sp³-hybridized carbons (Fsp3) is 0.611. The van der Waals surface area contributed by atoms with Crippen molar-refractivity contribution in [1.82, 2.24) is 14.5 Å². The molecule has 1 aliphatic heterocycles. The molecule has 2 bridgehead atoms. The fourth-order valence-corrected chi connectivity index (χ4v) is 6.37. The van der Waals surface area contributed by atoms with E-state index in [4.69, 9.17) is 12.2 Å². The van der Waals surface area contributed by atoms with Gasteiger partial charge >= 0.3 is 0 Å². The highest BCUT2D eigenvalue weighted by atomic mass is 32.2. The Bertz CT molecular complexity index is 793. The van der Waals surface area contributed by atoms with Crippen LogP contribution >= 0.6 is 12.2 Å². The molecule has 3 fully saturated rings. The molecule has 1 aromatic rings. The van der Waals surface area contributed by atoms with E-state index >= 15 is 0 Å². The monoisotopic (exact) mass is 397 g/mol. The van der Waals surface area contributed by atoms with Crippen molar-refractivity contribution in [3.63, 3.8) is 0 Å². The first-order valence-electron chi connectivity index (χ1n) is 9.24. The zero-order valence-electron chi connectivity index (χ0n) is 14.6. The van der Waals surface area contributed by atoms with Crippen molar-refractivity contribution >= 4 is 27.4 Å². The summed E-state index contributed by atoms with van der Waals surface area (Å²) in [5, 5.41) is 4.25. The van der Waals surface area contributed by atoms with Crippen LogP contribution in [0.2, 0.25) is 0 Å². The molecule has 0 radical (unpaired) electrons. The number of piperazine rings is 1. The summed E-state index contributed by atoms with van der Waals surface area (Å²) >= 11 is 5.57. The van der Waals surface area contributed by atoms with Crippen molar-refractivity contribution in [2.24, 2.45) is 11.8 Å². The van der Waals surface area contributed by atoms with Crippen LogP contribution in [-0.4, -0.2) is 55.0 Å². The van der Waals surface area contributed by atoms with E-state index in [9.17, 15) is 12.8 Å². The smallest absolute Gasteiger partial charge is 0.243 e. The number of nitrogens with zero attached hydrogens (tertiary/aromatic N) is 2. The zero-order valence-corrected chi connectivity index (χ0v) is 16.2. The van der Waals surface area contributed by atoms with Gasteiger partial charge in [-0.1, -0.05) is 12.5 Å². The van der Waals surface area contributed by atoms with E-state index in [1.165, 1.54) is 48.2 Å². The van der Waals surface area contributed by atoms with E-state index in [0.29, 0.717) is 32.2 Å². The van der Waals surface area contributed by atoms with Crippen molar-refractivity contribution < 1.29 is 12.8 Å². The average Bonchev–Trinajstić information content (AvgIpc) is 3.25.